The number of rotatable bonds is 2. The van der Waals surface area contributed by atoms with Crippen molar-refractivity contribution in [2.24, 2.45) is 0 Å². The Morgan fingerprint density at radius 3 is 2.62 bits per heavy atom. The molecule has 1 N–H and O–H groups in total. The predicted octanol–water partition coefficient (Wildman–Crippen LogP) is 4.19. The van der Waals surface area contributed by atoms with Crippen molar-refractivity contribution in [3.63, 3.8) is 0 Å². The lowest BCUT2D eigenvalue weighted by molar-refractivity contribution is 1.13. The third-order valence-corrected chi connectivity index (χ3v) is 4.30. The number of pyridine rings is 1. The standard InChI is InChI=1S/C20H11ClN4O/c21-18-13(9-12-5-1-3-7-16(12)23-18)10-14(11-22)19-24-17-8-4-2-6-15(17)20(26)25-19/h1-10H,(H,24,25,26)/b14-10+. The highest BCUT2D eigenvalue weighted by atomic mass is 35.5. The van der Waals surface area contributed by atoms with Crippen molar-refractivity contribution < 1.29 is 0 Å². The van der Waals surface area contributed by atoms with Gasteiger partial charge in [0.2, 0.25) is 0 Å². The Morgan fingerprint density at radius 2 is 1.81 bits per heavy atom. The molecule has 0 radical (unpaired) electrons. The van der Waals surface area contributed by atoms with E-state index < -0.39 is 0 Å². The van der Waals surface area contributed by atoms with Crippen LogP contribution in [-0.4, -0.2) is 15.0 Å². The molecule has 0 unspecified atom stereocenters. The zero-order chi connectivity index (χ0) is 18.1. The van der Waals surface area contributed by atoms with Crippen LogP contribution >= 0.6 is 11.6 Å². The van der Waals surface area contributed by atoms with Crippen molar-refractivity contribution in [3.05, 3.63) is 81.5 Å². The Hall–Kier alpha value is -3.49. The molecule has 0 bridgehead atoms. The highest BCUT2D eigenvalue weighted by Gasteiger charge is 2.10. The van der Waals surface area contributed by atoms with Crippen LogP contribution in [0, 0.1) is 11.3 Å². The first kappa shape index (κ1) is 16.0. The molecule has 4 aromatic rings. The number of para-hydroxylation sites is 2. The number of nitrogens with zero attached hydrogens (tertiary/aromatic N) is 3. The van der Waals surface area contributed by atoms with E-state index in [1.54, 1.807) is 30.3 Å². The minimum absolute atomic E-state index is 0.195. The number of aromatic amines is 1. The fourth-order valence-electron chi connectivity index (χ4n) is 2.73. The molecule has 124 valence electrons. The number of hydrogen-bond donors (Lipinski definition) is 1. The molecule has 0 atom stereocenters. The van der Waals surface area contributed by atoms with Gasteiger partial charge in [0.05, 0.1) is 22.0 Å². The molecule has 0 aliphatic heterocycles. The second kappa shape index (κ2) is 6.43. The van der Waals surface area contributed by atoms with Gasteiger partial charge < -0.3 is 4.98 Å². The van der Waals surface area contributed by atoms with E-state index in [1.165, 1.54) is 0 Å². The fourth-order valence-corrected chi connectivity index (χ4v) is 2.93. The highest BCUT2D eigenvalue weighted by Crippen LogP contribution is 2.24. The van der Waals surface area contributed by atoms with Gasteiger partial charge in [0, 0.05) is 10.9 Å². The molecule has 0 spiro atoms. The Morgan fingerprint density at radius 1 is 1.08 bits per heavy atom. The summed E-state index contributed by atoms with van der Waals surface area (Å²) in [4.78, 5) is 23.6. The smallest absolute Gasteiger partial charge is 0.259 e. The SMILES string of the molecule is N#C/C(=C\c1cc2ccccc2nc1Cl)c1nc2ccccc2c(=O)[nH]1. The number of allylic oxidation sites excluding steroid dienone is 1. The van der Waals surface area contributed by atoms with Crippen molar-refractivity contribution in [2.75, 3.05) is 0 Å². The Labute approximate surface area is 153 Å². The van der Waals surface area contributed by atoms with Crippen LogP contribution in [0.3, 0.4) is 0 Å². The van der Waals surface area contributed by atoms with Crippen molar-refractivity contribution in [3.8, 4) is 6.07 Å². The molecule has 2 heterocycles. The first-order valence-corrected chi connectivity index (χ1v) is 8.20. The molecule has 4 rings (SSSR count). The third kappa shape index (κ3) is 2.83. The van der Waals surface area contributed by atoms with E-state index in [9.17, 15) is 10.1 Å². The van der Waals surface area contributed by atoms with E-state index in [4.69, 9.17) is 11.6 Å². The average Bonchev–Trinajstić information content (AvgIpc) is 2.66. The number of nitriles is 1. The second-order valence-corrected chi connectivity index (χ2v) is 6.02. The molecule has 0 aliphatic carbocycles. The zero-order valence-electron chi connectivity index (χ0n) is 13.4. The van der Waals surface area contributed by atoms with E-state index in [-0.39, 0.29) is 22.1 Å². The van der Waals surface area contributed by atoms with Crippen molar-refractivity contribution in [1.29, 1.82) is 5.26 Å². The van der Waals surface area contributed by atoms with Gasteiger partial charge >= 0.3 is 0 Å². The summed E-state index contributed by atoms with van der Waals surface area (Å²) >= 11 is 6.26. The molecule has 0 aliphatic rings. The number of fused-ring (bicyclic) bond motifs is 2. The quantitative estimate of drug-likeness (QED) is 0.430. The van der Waals surface area contributed by atoms with Crippen LogP contribution in [0.2, 0.25) is 5.15 Å². The van der Waals surface area contributed by atoms with Gasteiger partial charge in [-0.1, -0.05) is 41.9 Å². The second-order valence-electron chi connectivity index (χ2n) is 5.66. The van der Waals surface area contributed by atoms with Crippen LogP contribution in [-0.2, 0) is 0 Å². The molecule has 6 heteroatoms. The van der Waals surface area contributed by atoms with E-state index in [2.05, 4.69) is 21.0 Å². The molecule has 0 saturated heterocycles. The number of benzene rings is 2. The first-order valence-electron chi connectivity index (χ1n) is 7.82. The summed E-state index contributed by atoms with van der Waals surface area (Å²) in [5, 5.41) is 11.2. The lowest BCUT2D eigenvalue weighted by Gasteiger charge is -2.04. The molecule has 2 aromatic carbocycles. The van der Waals surface area contributed by atoms with Crippen LogP contribution in [0.15, 0.2) is 59.4 Å². The highest BCUT2D eigenvalue weighted by molar-refractivity contribution is 6.31. The van der Waals surface area contributed by atoms with Gasteiger partial charge in [0.1, 0.15) is 11.2 Å². The maximum absolute atomic E-state index is 12.2. The van der Waals surface area contributed by atoms with Gasteiger partial charge in [0.25, 0.3) is 5.56 Å². The molecule has 0 saturated carbocycles. The Balaban J connectivity index is 1.89. The van der Waals surface area contributed by atoms with Gasteiger partial charge in [-0.05, 0) is 30.3 Å². The van der Waals surface area contributed by atoms with Gasteiger partial charge in [-0.2, -0.15) is 5.26 Å². The van der Waals surface area contributed by atoms with Gasteiger partial charge in [-0.25, -0.2) is 9.97 Å². The topological polar surface area (TPSA) is 82.4 Å². The summed E-state index contributed by atoms with van der Waals surface area (Å²) in [7, 11) is 0. The largest absolute Gasteiger partial charge is 0.305 e. The zero-order valence-corrected chi connectivity index (χ0v) is 14.2. The molecular formula is C20H11ClN4O. The summed E-state index contributed by atoms with van der Waals surface area (Å²) in [6.45, 7) is 0. The van der Waals surface area contributed by atoms with Crippen LogP contribution in [0.25, 0.3) is 33.5 Å². The summed E-state index contributed by atoms with van der Waals surface area (Å²) in [5.41, 5.74) is 1.78. The van der Waals surface area contributed by atoms with Gasteiger partial charge in [-0.15, -0.1) is 0 Å². The molecule has 0 fully saturated rings. The summed E-state index contributed by atoms with van der Waals surface area (Å²) in [5.74, 6) is 0.195. The minimum Gasteiger partial charge on any atom is -0.305 e. The minimum atomic E-state index is -0.297. The number of aromatic nitrogens is 3. The van der Waals surface area contributed by atoms with Crippen molar-refractivity contribution in [2.45, 2.75) is 0 Å². The van der Waals surface area contributed by atoms with E-state index in [0.29, 0.717) is 16.5 Å². The molecule has 26 heavy (non-hydrogen) atoms. The lowest BCUT2D eigenvalue weighted by Crippen LogP contribution is -2.11. The maximum Gasteiger partial charge on any atom is 0.259 e. The predicted molar refractivity (Wildman–Crippen MR) is 103 cm³/mol. The van der Waals surface area contributed by atoms with Crippen molar-refractivity contribution >= 4 is 45.1 Å². The lowest BCUT2D eigenvalue weighted by atomic mass is 10.1. The number of H-pyrrole nitrogens is 1. The van der Waals surface area contributed by atoms with Crippen LogP contribution in [0.5, 0.6) is 0 Å². The van der Waals surface area contributed by atoms with Crippen LogP contribution in [0.1, 0.15) is 11.4 Å². The van der Waals surface area contributed by atoms with E-state index >= 15 is 0 Å². The molecular weight excluding hydrogens is 348 g/mol. The molecule has 0 amide bonds. The molecule has 5 nitrogen and oxygen atoms in total. The monoisotopic (exact) mass is 358 g/mol. The van der Waals surface area contributed by atoms with Gasteiger partial charge in [0.15, 0.2) is 5.82 Å². The van der Waals surface area contributed by atoms with Crippen molar-refractivity contribution in [1.82, 2.24) is 15.0 Å². The van der Waals surface area contributed by atoms with E-state index in [0.717, 1.165) is 10.9 Å². The third-order valence-electron chi connectivity index (χ3n) is 3.99. The first-order chi connectivity index (χ1) is 12.7. The normalized spacial score (nSPS) is 11.6. The number of halogens is 1. The average molecular weight is 359 g/mol. The summed E-state index contributed by atoms with van der Waals surface area (Å²) in [6.07, 6.45) is 1.58. The number of nitrogens with one attached hydrogen (secondary N) is 1. The maximum atomic E-state index is 12.2. The fraction of sp³-hybridized carbons (Fsp3) is 0. The Kier molecular flexibility index (Phi) is 3.96. The Bertz CT molecular complexity index is 1280. The van der Waals surface area contributed by atoms with Crippen LogP contribution in [0.4, 0.5) is 0 Å². The molecule has 2 aromatic heterocycles. The van der Waals surface area contributed by atoms with Gasteiger partial charge in [-0.3, -0.25) is 4.79 Å². The summed E-state index contributed by atoms with van der Waals surface area (Å²) < 4.78 is 0. The van der Waals surface area contributed by atoms with E-state index in [1.807, 2.05) is 30.3 Å². The summed E-state index contributed by atoms with van der Waals surface area (Å²) in [6, 6.07) is 18.5. The van der Waals surface area contributed by atoms with Crippen LogP contribution < -0.4 is 5.56 Å². The number of hydrogen-bond acceptors (Lipinski definition) is 4.